The van der Waals surface area contributed by atoms with Crippen LogP contribution < -0.4 is 10.6 Å². The van der Waals surface area contributed by atoms with Crippen LogP contribution in [0.15, 0.2) is 30.3 Å². The molecule has 0 spiro atoms. The van der Waals surface area contributed by atoms with Gasteiger partial charge in [-0.05, 0) is 66.2 Å². The Morgan fingerprint density at radius 1 is 0.800 bits per heavy atom. The summed E-state index contributed by atoms with van der Waals surface area (Å²) in [5.74, 6) is 0. The van der Waals surface area contributed by atoms with Gasteiger partial charge in [-0.2, -0.15) is 0 Å². The first-order valence-corrected chi connectivity index (χ1v) is 9.83. The second-order valence-corrected chi connectivity index (χ2v) is 6.82. The second kappa shape index (κ2) is 9.21. The number of rotatable bonds is 6. The Labute approximate surface area is 162 Å². The Morgan fingerprint density at radius 2 is 1.32 bits per heavy atom. The van der Waals surface area contributed by atoms with E-state index < -0.39 is 0 Å². The predicted molar refractivity (Wildman–Crippen MR) is 115 cm³/mol. The minimum atomic E-state index is 0.613. The average molecular weight is 375 g/mol. The van der Waals surface area contributed by atoms with Gasteiger partial charge < -0.3 is 10.6 Å². The molecule has 0 aliphatic carbocycles. The van der Waals surface area contributed by atoms with Gasteiger partial charge in [0, 0.05) is 16.4 Å². The molecule has 0 aromatic heterocycles. The molecule has 4 heteroatoms. The lowest BCUT2D eigenvalue weighted by atomic mass is 10.0. The molecule has 0 radical (unpaired) electrons. The number of anilines is 2. The standard InChI is InChI=1S/C21H27ClN2S/c1-5-14-10-9-11-15(6-2)19(14)23-21(25)24-20-16(7-3)12-13-18(22)17(20)8-4/h9-13H,5-8H2,1-4H3,(H2,23,24,25). The van der Waals surface area contributed by atoms with E-state index in [4.69, 9.17) is 23.8 Å². The van der Waals surface area contributed by atoms with Crippen LogP contribution >= 0.6 is 23.8 Å². The molecule has 0 amide bonds. The van der Waals surface area contributed by atoms with Crippen LogP contribution in [0.1, 0.15) is 49.9 Å². The lowest BCUT2D eigenvalue weighted by molar-refractivity contribution is 1.09. The molecule has 0 fully saturated rings. The Morgan fingerprint density at radius 3 is 1.84 bits per heavy atom. The van der Waals surface area contributed by atoms with Crippen molar-refractivity contribution in [2.24, 2.45) is 0 Å². The van der Waals surface area contributed by atoms with Crippen molar-refractivity contribution in [3.8, 4) is 0 Å². The van der Waals surface area contributed by atoms with Gasteiger partial charge in [0.1, 0.15) is 0 Å². The lowest BCUT2D eigenvalue weighted by Gasteiger charge is -2.20. The molecule has 2 nitrogen and oxygen atoms in total. The molecule has 0 aliphatic rings. The van der Waals surface area contributed by atoms with Crippen LogP contribution in [0.3, 0.4) is 0 Å². The van der Waals surface area contributed by atoms with Gasteiger partial charge in [-0.15, -0.1) is 0 Å². The van der Waals surface area contributed by atoms with E-state index in [1.807, 2.05) is 6.07 Å². The van der Waals surface area contributed by atoms with Gasteiger partial charge in [0.25, 0.3) is 0 Å². The molecule has 0 bridgehead atoms. The summed E-state index contributed by atoms with van der Waals surface area (Å²) in [5, 5.41) is 8.24. The molecule has 0 atom stereocenters. The summed E-state index contributed by atoms with van der Waals surface area (Å²) in [6, 6.07) is 10.5. The van der Waals surface area contributed by atoms with E-state index >= 15 is 0 Å². The first-order valence-electron chi connectivity index (χ1n) is 9.04. The molecule has 2 aromatic carbocycles. The Hall–Kier alpha value is -1.58. The van der Waals surface area contributed by atoms with Gasteiger partial charge in [-0.1, -0.05) is 63.6 Å². The minimum absolute atomic E-state index is 0.613. The summed E-state index contributed by atoms with van der Waals surface area (Å²) in [5.41, 5.74) is 7.07. The highest BCUT2D eigenvalue weighted by Crippen LogP contribution is 2.30. The Bertz CT molecular complexity index is 734. The van der Waals surface area contributed by atoms with Crippen molar-refractivity contribution in [2.45, 2.75) is 53.4 Å². The zero-order chi connectivity index (χ0) is 18.4. The maximum absolute atomic E-state index is 6.39. The SMILES string of the molecule is CCc1cccc(CC)c1NC(=S)Nc1c(CC)ccc(Cl)c1CC. The van der Waals surface area contributed by atoms with E-state index in [1.165, 1.54) is 16.7 Å². The predicted octanol–water partition coefficient (Wildman–Crippen LogP) is 6.40. The fraction of sp³-hybridized carbons (Fsp3) is 0.381. The first kappa shape index (κ1) is 19.7. The summed E-state index contributed by atoms with van der Waals surface area (Å²) < 4.78 is 0. The molecule has 2 N–H and O–H groups in total. The molecule has 2 rings (SSSR count). The summed E-state index contributed by atoms with van der Waals surface area (Å²) in [7, 11) is 0. The number of benzene rings is 2. The van der Waals surface area contributed by atoms with Crippen LogP contribution in [-0.2, 0) is 25.7 Å². The highest BCUT2D eigenvalue weighted by molar-refractivity contribution is 7.80. The molecule has 0 unspecified atom stereocenters. The summed E-state index contributed by atoms with van der Waals surface area (Å²) in [4.78, 5) is 0. The van der Waals surface area contributed by atoms with Crippen molar-refractivity contribution in [2.75, 3.05) is 10.6 Å². The summed E-state index contributed by atoms with van der Waals surface area (Å²) >= 11 is 12.0. The highest BCUT2D eigenvalue weighted by atomic mass is 35.5. The topological polar surface area (TPSA) is 24.1 Å². The summed E-state index contributed by atoms with van der Waals surface area (Å²) in [6.45, 7) is 8.59. The van der Waals surface area contributed by atoms with Gasteiger partial charge in [-0.3, -0.25) is 0 Å². The molecule has 0 saturated carbocycles. The fourth-order valence-electron chi connectivity index (χ4n) is 3.13. The van der Waals surface area contributed by atoms with Crippen LogP contribution in [0.25, 0.3) is 0 Å². The zero-order valence-corrected chi connectivity index (χ0v) is 17.1. The lowest BCUT2D eigenvalue weighted by Crippen LogP contribution is -2.22. The van der Waals surface area contributed by atoms with E-state index in [2.05, 4.69) is 62.6 Å². The van der Waals surface area contributed by atoms with E-state index in [9.17, 15) is 0 Å². The van der Waals surface area contributed by atoms with Crippen molar-refractivity contribution in [3.63, 3.8) is 0 Å². The van der Waals surface area contributed by atoms with Gasteiger partial charge in [0.05, 0.1) is 0 Å². The highest BCUT2D eigenvalue weighted by Gasteiger charge is 2.13. The molecule has 0 saturated heterocycles. The van der Waals surface area contributed by atoms with Crippen LogP contribution in [0.5, 0.6) is 0 Å². The monoisotopic (exact) mass is 374 g/mol. The van der Waals surface area contributed by atoms with Crippen molar-refractivity contribution < 1.29 is 0 Å². The Kier molecular flexibility index (Phi) is 7.27. The third-order valence-corrected chi connectivity index (χ3v) is 5.11. The normalized spacial score (nSPS) is 10.6. The molecule has 0 aliphatic heterocycles. The molecule has 25 heavy (non-hydrogen) atoms. The number of para-hydroxylation sites is 1. The van der Waals surface area contributed by atoms with E-state index in [1.54, 1.807) is 0 Å². The van der Waals surface area contributed by atoms with Crippen LogP contribution in [0.2, 0.25) is 5.02 Å². The number of hydrogen-bond donors (Lipinski definition) is 2. The molecular formula is C21H27ClN2S. The number of thiocarbonyl (C=S) groups is 1. The number of hydrogen-bond acceptors (Lipinski definition) is 1. The van der Waals surface area contributed by atoms with Crippen molar-refractivity contribution >= 4 is 40.3 Å². The van der Waals surface area contributed by atoms with Crippen LogP contribution in [0.4, 0.5) is 11.4 Å². The number of nitrogens with one attached hydrogen (secondary N) is 2. The maximum Gasteiger partial charge on any atom is 0.175 e. The largest absolute Gasteiger partial charge is 0.332 e. The minimum Gasteiger partial charge on any atom is -0.332 e. The second-order valence-electron chi connectivity index (χ2n) is 6.00. The molecule has 134 valence electrons. The fourth-order valence-corrected chi connectivity index (χ4v) is 3.62. The Balaban J connectivity index is 2.32. The van der Waals surface area contributed by atoms with Gasteiger partial charge in [-0.25, -0.2) is 0 Å². The van der Waals surface area contributed by atoms with Crippen molar-refractivity contribution in [3.05, 3.63) is 57.6 Å². The van der Waals surface area contributed by atoms with E-state index in [0.29, 0.717) is 5.11 Å². The van der Waals surface area contributed by atoms with E-state index in [-0.39, 0.29) is 0 Å². The van der Waals surface area contributed by atoms with Crippen molar-refractivity contribution in [1.29, 1.82) is 0 Å². The quantitative estimate of drug-likeness (QED) is 0.572. The molecule has 0 heterocycles. The third-order valence-electron chi connectivity index (χ3n) is 4.55. The van der Waals surface area contributed by atoms with Crippen LogP contribution in [-0.4, -0.2) is 5.11 Å². The number of aryl methyl sites for hydroxylation is 3. The zero-order valence-electron chi connectivity index (χ0n) is 15.5. The smallest absolute Gasteiger partial charge is 0.175 e. The maximum atomic E-state index is 6.39. The number of halogens is 1. The third kappa shape index (κ3) is 4.53. The average Bonchev–Trinajstić information content (AvgIpc) is 2.62. The van der Waals surface area contributed by atoms with Crippen LogP contribution in [0, 0.1) is 0 Å². The molecular weight excluding hydrogens is 348 g/mol. The van der Waals surface area contributed by atoms with E-state index in [0.717, 1.165) is 47.6 Å². The van der Waals surface area contributed by atoms with Gasteiger partial charge in [0.15, 0.2) is 5.11 Å². The van der Waals surface area contributed by atoms with Gasteiger partial charge >= 0.3 is 0 Å². The van der Waals surface area contributed by atoms with Gasteiger partial charge in [0.2, 0.25) is 0 Å². The van der Waals surface area contributed by atoms with Crippen molar-refractivity contribution in [1.82, 2.24) is 0 Å². The first-order chi connectivity index (χ1) is 12.0. The molecule has 2 aromatic rings. The summed E-state index contributed by atoms with van der Waals surface area (Å²) in [6.07, 6.45) is 3.73.